The molecule has 0 bridgehead atoms. The molecule has 1 rings (SSSR count). The van der Waals surface area contributed by atoms with Crippen molar-refractivity contribution in [2.45, 2.75) is 18.9 Å². The maximum atomic E-state index is 3.40. The second kappa shape index (κ2) is 5.58. The van der Waals surface area contributed by atoms with E-state index in [-0.39, 0.29) is 0 Å². The fourth-order valence-corrected chi connectivity index (χ4v) is 1.83. The summed E-state index contributed by atoms with van der Waals surface area (Å²) in [5.74, 6) is 0. The summed E-state index contributed by atoms with van der Waals surface area (Å²) in [5.41, 5.74) is 0. The van der Waals surface area contributed by atoms with E-state index in [1.807, 2.05) is 0 Å². The number of rotatable bonds is 5. The largest absolute Gasteiger partial charge is 0.315 e. The van der Waals surface area contributed by atoms with Crippen LogP contribution in [0.3, 0.4) is 0 Å². The summed E-state index contributed by atoms with van der Waals surface area (Å²) in [4.78, 5) is 4.74. The van der Waals surface area contributed by atoms with E-state index >= 15 is 0 Å². The number of likely N-dealkylation sites (N-methyl/N-ethyl adjacent to an activating group) is 1. The Morgan fingerprint density at radius 3 is 2.54 bits per heavy atom. The van der Waals surface area contributed by atoms with Crippen molar-refractivity contribution in [1.82, 2.24) is 15.1 Å². The lowest BCUT2D eigenvalue weighted by Gasteiger charge is -2.23. The molecule has 0 aromatic carbocycles. The van der Waals surface area contributed by atoms with Crippen LogP contribution in [0.5, 0.6) is 0 Å². The predicted octanol–water partition coefficient (Wildman–Crippen LogP) is 0.232. The Morgan fingerprint density at radius 2 is 2.00 bits per heavy atom. The molecule has 0 aromatic rings. The molecule has 0 radical (unpaired) electrons. The highest BCUT2D eigenvalue weighted by Crippen LogP contribution is 2.06. The lowest BCUT2D eigenvalue weighted by Crippen LogP contribution is -2.35. The van der Waals surface area contributed by atoms with E-state index in [0.29, 0.717) is 0 Å². The van der Waals surface area contributed by atoms with Gasteiger partial charge in [-0.05, 0) is 53.6 Å². The van der Waals surface area contributed by atoms with Gasteiger partial charge in [0.05, 0.1) is 0 Å². The smallest absolute Gasteiger partial charge is 0.0229 e. The summed E-state index contributed by atoms with van der Waals surface area (Å²) in [6, 6.07) is 0.780. The third-order valence-corrected chi connectivity index (χ3v) is 2.77. The molecule has 1 fully saturated rings. The van der Waals surface area contributed by atoms with Gasteiger partial charge in [0.15, 0.2) is 0 Å². The minimum absolute atomic E-state index is 0.780. The SMILES string of the molecule is CN(C)CCCN(C)[C@H]1CCNC1. The molecule has 0 unspecified atom stereocenters. The van der Waals surface area contributed by atoms with Crippen LogP contribution in [0.1, 0.15) is 12.8 Å². The fourth-order valence-electron chi connectivity index (χ4n) is 1.83. The second-order valence-corrected chi connectivity index (χ2v) is 4.28. The predicted molar refractivity (Wildman–Crippen MR) is 57.1 cm³/mol. The standard InChI is InChI=1S/C10H23N3/c1-12(2)7-4-8-13(3)10-5-6-11-9-10/h10-11H,4-9H2,1-3H3/t10-/m0/s1. The van der Waals surface area contributed by atoms with E-state index < -0.39 is 0 Å². The zero-order valence-electron chi connectivity index (χ0n) is 9.21. The normalized spacial score (nSPS) is 23.3. The Bertz CT molecular complexity index is 130. The zero-order chi connectivity index (χ0) is 9.68. The monoisotopic (exact) mass is 185 g/mol. The van der Waals surface area contributed by atoms with Crippen LogP contribution < -0.4 is 5.32 Å². The Hall–Kier alpha value is -0.120. The maximum absolute atomic E-state index is 3.40. The Labute approximate surface area is 82.1 Å². The van der Waals surface area contributed by atoms with E-state index in [2.05, 4.69) is 36.3 Å². The van der Waals surface area contributed by atoms with Crippen LogP contribution in [-0.2, 0) is 0 Å². The molecule has 13 heavy (non-hydrogen) atoms. The second-order valence-electron chi connectivity index (χ2n) is 4.28. The van der Waals surface area contributed by atoms with Gasteiger partial charge in [0.1, 0.15) is 0 Å². The first-order valence-electron chi connectivity index (χ1n) is 5.26. The van der Waals surface area contributed by atoms with E-state index in [0.717, 1.165) is 6.04 Å². The van der Waals surface area contributed by atoms with Gasteiger partial charge >= 0.3 is 0 Å². The van der Waals surface area contributed by atoms with Crippen LogP contribution in [0.2, 0.25) is 0 Å². The molecule has 3 heteroatoms. The molecule has 0 saturated carbocycles. The molecule has 1 saturated heterocycles. The molecule has 3 nitrogen and oxygen atoms in total. The van der Waals surface area contributed by atoms with Crippen molar-refractivity contribution in [3.63, 3.8) is 0 Å². The summed E-state index contributed by atoms with van der Waals surface area (Å²) < 4.78 is 0. The average Bonchev–Trinajstić information content (AvgIpc) is 2.55. The topological polar surface area (TPSA) is 18.5 Å². The Balaban J connectivity index is 2.06. The Morgan fingerprint density at radius 1 is 1.23 bits per heavy atom. The van der Waals surface area contributed by atoms with Gasteiger partial charge in [-0.3, -0.25) is 0 Å². The molecule has 0 amide bonds. The van der Waals surface area contributed by atoms with E-state index in [9.17, 15) is 0 Å². The number of hydrogen-bond donors (Lipinski definition) is 1. The van der Waals surface area contributed by atoms with Crippen molar-refractivity contribution >= 4 is 0 Å². The summed E-state index contributed by atoms with van der Waals surface area (Å²) in [6.07, 6.45) is 2.60. The van der Waals surface area contributed by atoms with Gasteiger partial charge in [-0.15, -0.1) is 0 Å². The third kappa shape index (κ3) is 4.07. The van der Waals surface area contributed by atoms with Gasteiger partial charge in [-0.25, -0.2) is 0 Å². The van der Waals surface area contributed by atoms with Crippen molar-refractivity contribution in [2.24, 2.45) is 0 Å². The average molecular weight is 185 g/mol. The van der Waals surface area contributed by atoms with Crippen LogP contribution in [0.4, 0.5) is 0 Å². The molecule has 1 heterocycles. The van der Waals surface area contributed by atoms with E-state index in [1.54, 1.807) is 0 Å². The molecule has 0 aromatic heterocycles. The Kier molecular flexibility index (Phi) is 4.70. The lowest BCUT2D eigenvalue weighted by molar-refractivity contribution is 0.241. The molecular weight excluding hydrogens is 162 g/mol. The fraction of sp³-hybridized carbons (Fsp3) is 1.00. The molecule has 1 atom stereocenters. The van der Waals surface area contributed by atoms with Crippen molar-refractivity contribution < 1.29 is 0 Å². The van der Waals surface area contributed by atoms with Gasteiger partial charge in [0, 0.05) is 12.6 Å². The van der Waals surface area contributed by atoms with Crippen molar-refractivity contribution in [3.8, 4) is 0 Å². The molecule has 1 N–H and O–H groups in total. The van der Waals surface area contributed by atoms with Crippen molar-refractivity contribution in [1.29, 1.82) is 0 Å². The van der Waals surface area contributed by atoms with Gasteiger partial charge in [-0.1, -0.05) is 0 Å². The van der Waals surface area contributed by atoms with Crippen molar-refractivity contribution in [2.75, 3.05) is 47.3 Å². The molecular formula is C10H23N3. The number of nitrogens with one attached hydrogen (secondary N) is 1. The van der Waals surface area contributed by atoms with Crippen molar-refractivity contribution in [3.05, 3.63) is 0 Å². The summed E-state index contributed by atoms with van der Waals surface area (Å²) >= 11 is 0. The number of nitrogens with zero attached hydrogens (tertiary/aromatic N) is 2. The van der Waals surface area contributed by atoms with Crippen LogP contribution in [0, 0.1) is 0 Å². The highest BCUT2D eigenvalue weighted by molar-refractivity contribution is 4.78. The molecule has 0 spiro atoms. The summed E-state index contributed by atoms with van der Waals surface area (Å²) in [7, 11) is 6.52. The summed E-state index contributed by atoms with van der Waals surface area (Å²) in [5, 5.41) is 3.40. The van der Waals surface area contributed by atoms with Crippen LogP contribution in [-0.4, -0.2) is 63.2 Å². The van der Waals surface area contributed by atoms with Crippen LogP contribution in [0.15, 0.2) is 0 Å². The van der Waals surface area contributed by atoms with Gasteiger partial charge in [-0.2, -0.15) is 0 Å². The van der Waals surface area contributed by atoms with E-state index in [1.165, 1.54) is 39.0 Å². The molecule has 1 aliphatic heterocycles. The number of hydrogen-bond acceptors (Lipinski definition) is 3. The van der Waals surface area contributed by atoms with Gasteiger partial charge < -0.3 is 15.1 Å². The maximum Gasteiger partial charge on any atom is 0.0229 e. The highest BCUT2D eigenvalue weighted by Gasteiger charge is 2.18. The quantitative estimate of drug-likeness (QED) is 0.661. The van der Waals surface area contributed by atoms with Gasteiger partial charge in [0.2, 0.25) is 0 Å². The first-order valence-corrected chi connectivity index (χ1v) is 5.26. The molecule has 78 valence electrons. The van der Waals surface area contributed by atoms with Gasteiger partial charge in [0.25, 0.3) is 0 Å². The third-order valence-electron chi connectivity index (χ3n) is 2.77. The van der Waals surface area contributed by atoms with Crippen LogP contribution >= 0.6 is 0 Å². The molecule has 1 aliphatic rings. The zero-order valence-corrected chi connectivity index (χ0v) is 9.21. The minimum atomic E-state index is 0.780. The first kappa shape index (κ1) is 11.0. The first-order chi connectivity index (χ1) is 6.20. The summed E-state index contributed by atoms with van der Waals surface area (Å²) in [6.45, 7) is 4.80. The molecule has 0 aliphatic carbocycles. The highest BCUT2D eigenvalue weighted by atomic mass is 15.2. The van der Waals surface area contributed by atoms with Crippen LogP contribution in [0.25, 0.3) is 0 Å². The minimum Gasteiger partial charge on any atom is -0.315 e. The van der Waals surface area contributed by atoms with E-state index in [4.69, 9.17) is 0 Å². The lowest BCUT2D eigenvalue weighted by atomic mass is 10.2.